The molecule has 2 aromatic rings. The quantitative estimate of drug-likeness (QED) is 0.227. The Bertz CT molecular complexity index is 1170. The van der Waals surface area contributed by atoms with Gasteiger partial charge in [0.15, 0.2) is 5.96 Å². The van der Waals surface area contributed by atoms with Crippen molar-refractivity contribution in [1.82, 2.24) is 16.0 Å². The third-order valence-corrected chi connectivity index (χ3v) is 6.03. The number of benzene rings is 2. The number of phenolic OH excluding ortho intramolecular Hbond substituents is 1. The number of nitrogens with one attached hydrogen (secondary N) is 4. The van der Waals surface area contributed by atoms with Gasteiger partial charge in [-0.3, -0.25) is 19.4 Å². The average Bonchev–Trinajstić information content (AvgIpc) is 2.83. The third-order valence-electron chi connectivity index (χ3n) is 5.12. The molecule has 1 heterocycles. The lowest BCUT2D eigenvalue weighted by molar-refractivity contribution is -0.143. The van der Waals surface area contributed by atoms with Gasteiger partial charge in [0.05, 0.1) is 38.3 Å². The van der Waals surface area contributed by atoms with Crippen molar-refractivity contribution in [3.63, 3.8) is 0 Å². The summed E-state index contributed by atoms with van der Waals surface area (Å²) in [6.45, 7) is 2.09. The molecule has 0 aliphatic carbocycles. The van der Waals surface area contributed by atoms with E-state index in [1.165, 1.54) is 18.2 Å². The first kappa shape index (κ1) is 28.4. The van der Waals surface area contributed by atoms with E-state index in [-0.39, 0.29) is 37.4 Å². The second-order valence-corrected chi connectivity index (χ2v) is 9.96. The zero-order chi connectivity index (χ0) is 26.9. The Hall–Kier alpha value is -3.16. The number of aliphatic imine (C=N–C) groups is 1. The minimum Gasteiger partial charge on any atom is -0.508 e. The van der Waals surface area contributed by atoms with Gasteiger partial charge in [-0.15, -0.1) is 0 Å². The molecule has 0 saturated heterocycles. The lowest BCUT2D eigenvalue weighted by Gasteiger charge is -2.20. The molecule has 11 nitrogen and oxygen atoms in total. The molecule has 37 heavy (non-hydrogen) atoms. The fraction of sp³-hybridized carbons (Fsp3) is 0.333. The second kappa shape index (κ2) is 13.4. The molecule has 2 unspecified atom stereocenters. The monoisotopic (exact) mass is 639 g/mol. The highest BCUT2D eigenvalue weighted by Crippen LogP contribution is 2.26. The lowest BCUT2D eigenvalue weighted by atomic mass is 10.0. The van der Waals surface area contributed by atoms with Gasteiger partial charge in [0.25, 0.3) is 5.91 Å². The van der Waals surface area contributed by atoms with Gasteiger partial charge in [-0.25, -0.2) is 0 Å². The van der Waals surface area contributed by atoms with Gasteiger partial charge in [0, 0.05) is 32.8 Å². The molecule has 1 aliphatic heterocycles. The van der Waals surface area contributed by atoms with Gasteiger partial charge in [-0.05, 0) is 42.8 Å². The second-order valence-electron chi connectivity index (χ2n) is 8.13. The van der Waals surface area contributed by atoms with Gasteiger partial charge in [0.2, 0.25) is 5.91 Å². The number of amides is 2. The van der Waals surface area contributed by atoms with Gasteiger partial charge >= 0.3 is 5.97 Å². The van der Waals surface area contributed by atoms with E-state index in [0.717, 1.165) is 8.95 Å². The Morgan fingerprint density at radius 3 is 2.54 bits per heavy atom. The Morgan fingerprint density at radius 2 is 1.89 bits per heavy atom. The first-order chi connectivity index (χ1) is 17.6. The summed E-state index contributed by atoms with van der Waals surface area (Å²) in [6, 6.07) is 8.87. The number of esters is 1. The summed E-state index contributed by atoms with van der Waals surface area (Å²) in [4.78, 5) is 41.7. The van der Waals surface area contributed by atoms with E-state index >= 15 is 0 Å². The molecule has 0 radical (unpaired) electrons. The molecule has 0 fully saturated rings. The van der Waals surface area contributed by atoms with Crippen molar-refractivity contribution in [3.8, 4) is 5.75 Å². The summed E-state index contributed by atoms with van der Waals surface area (Å²) in [7, 11) is 0. The normalized spacial score (nSPS) is 15.6. The summed E-state index contributed by atoms with van der Waals surface area (Å²) >= 11 is 6.80. The van der Waals surface area contributed by atoms with E-state index < -0.39 is 29.9 Å². The van der Waals surface area contributed by atoms with Crippen LogP contribution in [0.15, 0.2) is 50.3 Å². The Morgan fingerprint density at radius 1 is 1.16 bits per heavy atom. The van der Waals surface area contributed by atoms with E-state index in [1.54, 1.807) is 19.1 Å². The van der Waals surface area contributed by atoms with Crippen LogP contribution in [0.5, 0.6) is 5.75 Å². The maximum Gasteiger partial charge on any atom is 0.308 e. The minimum atomic E-state index is -0.684. The average molecular weight is 641 g/mol. The predicted molar refractivity (Wildman–Crippen MR) is 144 cm³/mol. The van der Waals surface area contributed by atoms with Crippen molar-refractivity contribution >= 4 is 61.3 Å². The number of nitrogens with zero attached hydrogens (tertiary/aromatic N) is 1. The molecule has 0 saturated carbocycles. The number of halogens is 2. The Kier molecular flexibility index (Phi) is 10.3. The number of carbonyl (C=O) groups excluding carboxylic acids is 3. The maximum atomic E-state index is 12.7. The number of hydrogen-bond acceptors (Lipinski definition) is 9. The van der Waals surface area contributed by atoms with Crippen LogP contribution in [-0.2, 0) is 14.3 Å². The van der Waals surface area contributed by atoms with Crippen LogP contribution in [-0.4, -0.2) is 66.3 Å². The predicted octanol–water partition coefficient (Wildman–Crippen LogP) is 2.19. The van der Waals surface area contributed by atoms with E-state index in [1.807, 2.05) is 6.07 Å². The minimum absolute atomic E-state index is 0.0903. The third kappa shape index (κ3) is 9.02. The van der Waals surface area contributed by atoms with Gasteiger partial charge in [-0.2, -0.15) is 0 Å². The summed E-state index contributed by atoms with van der Waals surface area (Å²) < 4.78 is 6.55. The standard InChI is InChI=1S/C24H27Br2N5O6/c1-2-37-22(35)9-20(13-3-15(25)7-16(26)4-13)31-21(34)12-27-23(36)14-5-17(8-18(32)6-14)30-24-28-10-19(33)11-29-24/h3-8,19-20,32-33H,2,9-12H2,1H3,(H,27,36)(H,31,34)(H2,28,29,30). The molecule has 198 valence electrons. The van der Waals surface area contributed by atoms with Crippen LogP contribution in [0.2, 0.25) is 0 Å². The van der Waals surface area contributed by atoms with Gasteiger partial charge in [0.1, 0.15) is 5.75 Å². The molecule has 3 rings (SSSR count). The molecule has 0 bridgehead atoms. The number of aromatic hydroxyl groups is 1. The van der Waals surface area contributed by atoms with Gasteiger partial charge < -0.3 is 36.2 Å². The number of guanidine groups is 1. The number of hydrogen-bond donors (Lipinski definition) is 6. The molecule has 2 amide bonds. The van der Waals surface area contributed by atoms with Crippen LogP contribution >= 0.6 is 31.9 Å². The van der Waals surface area contributed by atoms with Crippen LogP contribution in [0.25, 0.3) is 0 Å². The summed E-state index contributed by atoms with van der Waals surface area (Å²) in [5.74, 6) is -1.34. The number of rotatable bonds is 9. The fourth-order valence-corrected chi connectivity index (χ4v) is 4.82. The highest BCUT2D eigenvalue weighted by atomic mass is 79.9. The number of ether oxygens (including phenoxy) is 1. The maximum absolute atomic E-state index is 12.7. The van der Waals surface area contributed by atoms with Gasteiger partial charge in [-0.1, -0.05) is 31.9 Å². The molecule has 6 N–H and O–H groups in total. The fourth-order valence-electron chi connectivity index (χ4n) is 3.49. The van der Waals surface area contributed by atoms with Crippen LogP contribution in [0, 0.1) is 0 Å². The zero-order valence-electron chi connectivity index (χ0n) is 19.9. The summed E-state index contributed by atoms with van der Waals surface area (Å²) in [5, 5.41) is 30.7. The Balaban J connectivity index is 1.64. The molecule has 1 aliphatic rings. The molecular formula is C24H27Br2N5O6. The zero-order valence-corrected chi connectivity index (χ0v) is 23.1. The first-order valence-electron chi connectivity index (χ1n) is 11.4. The number of carbonyl (C=O) groups is 3. The van der Waals surface area contributed by atoms with Crippen LogP contribution in [0.3, 0.4) is 0 Å². The summed E-state index contributed by atoms with van der Waals surface area (Å²) in [6.07, 6.45) is -0.670. The van der Waals surface area contributed by atoms with Crippen molar-refractivity contribution < 1.29 is 29.3 Å². The number of β-amino-alcohol motifs (C(OH)–C–C–N with tert-alkyl or cyclic N) is 1. The van der Waals surface area contributed by atoms with E-state index in [4.69, 9.17) is 4.74 Å². The van der Waals surface area contributed by atoms with Crippen molar-refractivity contribution in [2.24, 2.45) is 4.99 Å². The molecule has 0 aromatic heterocycles. The van der Waals surface area contributed by atoms with E-state index in [9.17, 15) is 24.6 Å². The lowest BCUT2D eigenvalue weighted by Crippen LogP contribution is -2.42. The molecule has 2 aromatic carbocycles. The van der Waals surface area contributed by atoms with E-state index in [2.05, 4.69) is 58.1 Å². The number of aliphatic hydroxyl groups is 1. The first-order valence-corrected chi connectivity index (χ1v) is 13.0. The highest BCUT2D eigenvalue weighted by Gasteiger charge is 2.21. The van der Waals surface area contributed by atoms with Crippen LogP contribution < -0.4 is 21.3 Å². The van der Waals surface area contributed by atoms with Crippen molar-refractivity contribution in [1.29, 1.82) is 0 Å². The molecular weight excluding hydrogens is 614 g/mol. The smallest absolute Gasteiger partial charge is 0.308 e. The molecule has 0 spiro atoms. The highest BCUT2D eigenvalue weighted by molar-refractivity contribution is 9.11. The van der Waals surface area contributed by atoms with Crippen molar-refractivity contribution in [2.45, 2.75) is 25.5 Å². The van der Waals surface area contributed by atoms with Crippen LogP contribution in [0.1, 0.15) is 35.3 Å². The molecule has 2 atom stereocenters. The summed E-state index contributed by atoms with van der Waals surface area (Å²) in [5.41, 5.74) is 1.18. The number of phenols is 1. The van der Waals surface area contributed by atoms with Crippen LogP contribution in [0.4, 0.5) is 5.69 Å². The van der Waals surface area contributed by atoms with Crippen molar-refractivity contribution in [2.75, 3.05) is 31.6 Å². The molecule has 13 heteroatoms. The largest absolute Gasteiger partial charge is 0.508 e. The number of aliphatic hydroxyl groups excluding tert-OH is 1. The SMILES string of the molecule is CCOC(=O)CC(NC(=O)CNC(=O)c1cc(O)cc(NC2=NCC(O)CN2)c1)c1cc(Br)cc(Br)c1. The van der Waals surface area contributed by atoms with E-state index in [0.29, 0.717) is 23.8 Å². The van der Waals surface area contributed by atoms with Crippen molar-refractivity contribution in [3.05, 3.63) is 56.5 Å². The topological polar surface area (TPSA) is 161 Å². The Labute approximate surface area is 230 Å². The number of anilines is 1.